The van der Waals surface area contributed by atoms with Crippen LogP contribution in [0.2, 0.25) is 0 Å². The van der Waals surface area contributed by atoms with Crippen molar-refractivity contribution in [1.82, 2.24) is 0 Å². The van der Waals surface area contributed by atoms with Crippen molar-refractivity contribution in [3.05, 3.63) is 30.3 Å². The van der Waals surface area contributed by atoms with Crippen LogP contribution >= 0.6 is 0 Å². The summed E-state index contributed by atoms with van der Waals surface area (Å²) < 4.78 is 0. The number of benzene rings is 1. The van der Waals surface area contributed by atoms with Crippen LogP contribution < -0.4 is 19.2 Å². The number of hydrogen-bond acceptors (Lipinski definition) is 5. The van der Waals surface area contributed by atoms with E-state index in [1.54, 1.807) is 24.3 Å². The molecule has 5 nitrogen and oxygen atoms in total. The number of phenolic OH excluding ortho intramolecular Hbond substituents is 1. The second kappa shape index (κ2) is 9.66. The van der Waals surface area contributed by atoms with Crippen LogP contribution in [0, 0.1) is 0 Å². The largest absolute Gasteiger partial charge is 2.00 e. The molecule has 80 valence electrons. The molecular weight excluding hydrogens is 292 g/mol. The fourth-order valence-electron chi connectivity index (χ4n) is 0.428. The number of hydrogen-bond donors (Lipinski definition) is 1. The Bertz CT molecular complexity index is 209. The van der Waals surface area contributed by atoms with E-state index >= 15 is 0 Å². The monoisotopic (exact) mass is 298 g/mol. The molecule has 8 heteroatoms. The molecule has 0 amide bonds. The topological polar surface area (TPSA) is 112 Å². The quantitative estimate of drug-likeness (QED) is 0.494. The summed E-state index contributed by atoms with van der Waals surface area (Å²) in [6, 6.07) is 8.71. The molecule has 0 aliphatic heterocycles. The van der Waals surface area contributed by atoms with E-state index in [2.05, 4.69) is 0 Å². The molecule has 0 radical (unpaired) electrons. The maximum atomic E-state index is 8.63. The standard InChI is InChI=1S/C6H6O.2Fe.O4Si/c7-6-4-2-1-3-5-6;;;1-5(2,3)4/h1-5,7H;;;/q;2*+2;-4. The first-order valence-electron chi connectivity index (χ1n) is 2.95. The summed E-state index contributed by atoms with van der Waals surface area (Å²) in [6.07, 6.45) is 0. The van der Waals surface area contributed by atoms with E-state index in [-0.39, 0.29) is 34.1 Å². The summed E-state index contributed by atoms with van der Waals surface area (Å²) in [4.78, 5) is 34.3. The van der Waals surface area contributed by atoms with Crippen molar-refractivity contribution in [2.75, 3.05) is 0 Å². The third kappa shape index (κ3) is 22.7. The van der Waals surface area contributed by atoms with Crippen LogP contribution in [0.1, 0.15) is 0 Å². The Labute approximate surface area is 103 Å². The fourth-order valence-corrected chi connectivity index (χ4v) is 0.428. The van der Waals surface area contributed by atoms with Crippen LogP contribution in [0.15, 0.2) is 30.3 Å². The average molecular weight is 298 g/mol. The van der Waals surface area contributed by atoms with Crippen molar-refractivity contribution in [2.45, 2.75) is 0 Å². The Morgan fingerprint density at radius 3 is 1.29 bits per heavy atom. The third-order valence-corrected chi connectivity index (χ3v) is 0.756. The van der Waals surface area contributed by atoms with E-state index in [1.165, 1.54) is 0 Å². The van der Waals surface area contributed by atoms with Gasteiger partial charge in [0.1, 0.15) is 5.75 Å². The van der Waals surface area contributed by atoms with E-state index in [0.29, 0.717) is 5.75 Å². The molecule has 0 fully saturated rings. The van der Waals surface area contributed by atoms with Crippen LogP contribution in [0.4, 0.5) is 0 Å². The Morgan fingerprint density at radius 2 is 1.14 bits per heavy atom. The Hall–Kier alpha value is 0.116. The van der Waals surface area contributed by atoms with E-state index in [9.17, 15) is 0 Å². The molecule has 1 N–H and O–H groups in total. The molecular formula is C6H6Fe2O5Si. The van der Waals surface area contributed by atoms with Crippen molar-refractivity contribution in [3.8, 4) is 5.75 Å². The Kier molecular flexibility index (Phi) is 13.6. The Balaban J connectivity index is -0.000000159. The van der Waals surface area contributed by atoms with Gasteiger partial charge in [-0.1, -0.05) is 18.2 Å². The second-order valence-corrected chi connectivity index (χ2v) is 2.84. The number of aromatic hydroxyl groups is 1. The van der Waals surface area contributed by atoms with Gasteiger partial charge < -0.3 is 33.3 Å². The first kappa shape index (κ1) is 19.7. The number of phenols is 1. The van der Waals surface area contributed by atoms with E-state index < -0.39 is 9.05 Å². The van der Waals surface area contributed by atoms with Crippen LogP contribution in [0.25, 0.3) is 0 Å². The van der Waals surface area contributed by atoms with Crippen LogP contribution in [-0.4, -0.2) is 14.2 Å². The predicted octanol–water partition coefficient (Wildman–Crippen LogP) is -3.75. The van der Waals surface area contributed by atoms with Gasteiger partial charge in [0.05, 0.1) is 0 Å². The van der Waals surface area contributed by atoms with E-state index in [4.69, 9.17) is 24.3 Å². The number of rotatable bonds is 0. The smallest absolute Gasteiger partial charge is 0.894 e. The zero-order valence-electron chi connectivity index (χ0n) is 6.67. The zero-order chi connectivity index (χ0) is 9.61. The minimum Gasteiger partial charge on any atom is -0.894 e. The molecule has 1 aromatic carbocycles. The summed E-state index contributed by atoms with van der Waals surface area (Å²) in [6.45, 7) is 0. The SMILES string of the molecule is Oc1ccccc1.[Fe+2].[Fe+2].[O-][Si]([O-])([O-])[O-]. The summed E-state index contributed by atoms with van der Waals surface area (Å²) in [5.74, 6) is 0.322. The molecule has 0 unspecified atom stereocenters. The van der Waals surface area contributed by atoms with Crippen LogP contribution in [0.3, 0.4) is 0 Å². The second-order valence-electron chi connectivity index (χ2n) is 1.84. The molecule has 0 saturated carbocycles. The molecule has 0 bridgehead atoms. The van der Waals surface area contributed by atoms with Gasteiger partial charge >= 0.3 is 34.1 Å². The summed E-state index contributed by atoms with van der Waals surface area (Å²) in [7, 11) is -5.61. The molecule has 0 aliphatic rings. The Morgan fingerprint density at radius 1 is 0.857 bits per heavy atom. The van der Waals surface area contributed by atoms with Gasteiger partial charge in [0, 0.05) is 0 Å². The molecule has 0 heterocycles. The molecule has 0 aromatic heterocycles. The van der Waals surface area contributed by atoms with Gasteiger partial charge in [0.25, 0.3) is 0 Å². The molecule has 0 atom stereocenters. The molecule has 0 aliphatic carbocycles. The van der Waals surface area contributed by atoms with E-state index in [1.807, 2.05) is 6.07 Å². The zero-order valence-corrected chi connectivity index (χ0v) is 9.88. The van der Waals surface area contributed by atoms with Gasteiger partial charge in [-0.15, -0.1) is 0 Å². The van der Waals surface area contributed by atoms with Gasteiger partial charge in [-0.05, 0) is 12.1 Å². The van der Waals surface area contributed by atoms with Gasteiger partial charge in [-0.2, -0.15) is 0 Å². The third-order valence-electron chi connectivity index (χ3n) is 0.756. The van der Waals surface area contributed by atoms with Gasteiger partial charge in [-0.3, -0.25) is 0 Å². The van der Waals surface area contributed by atoms with Crippen LogP contribution in [0.5, 0.6) is 5.75 Å². The summed E-state index contributed by atoms with van der Waals surface area (Å²) in [5.41, 5.74) is 0. The molecule has 14 heavy (non-hydrogen) atoms. The first-order valence-corrected chi connectivity index (χ1v) is 4.58. The fraction of sp³-hybridized carbons (Fsp3) is 0. The molecule has 1 rings (SSSR count). The molecule has 0 spiro atoms. The van der Waals surface area contributed by atoms with Crippen molar-refractivity contribution in [3.63, 3.8) is 0 Å². The van der Waals surface area contributed by atoms with Crippen LogP contribution in [-0.2, 0) is 34.1 Å². The minimum absolute atomic E-state index is 0. The van der Waals surface area contributed by atoms with Crippen molar-refractivity contribution in [1.29, 1.82) is 0 Å². The maximum absolute atomic E-state index is 8.63. The van der Waals surface area contributed by atoms with E-state index in [0.717, 1.165) is 0 Å². The van der Waals surface area contributed by atoms with Gasteiger partial charge in [0.2, 0.25) is 0 Å². The average Bonchev–Trinajstić information content (AvgIpc) is 1.85. The van der Waals surface area contributed by atoms with Crippen molar-refractivity contribution < 1.29 is 58.4 Å². The summed E-state index contributed by atoms with van der Waals surface area (Å²) in [5, 5.41) is 8.63. The number of para-hydroxylation sites is 1. The maximum Gasteiger partial charge on any atom is 2.00 e. The van der Waals surface area contributed by atoms with Gasteiger partial charge in [-0.25, -0.2) is 0 Å². The predicted molar refractivity (Wildman–Crippen MR) is 33.9 cm³/mol. The minimum atomic E-state index is -5.61. The van der Waals surface area contributed by atoms with Crippen molar-refractivity contribution in [2.24, 2.45) is 0 Å². The normalized spacial score (nSPS) is 8.57. The summed E-state index contributed by atoms with van der Waals surface area (Å²) >= 11 is 0. The molecule has 1 aromatic rings. The van der Waals surface area contributed by atoms with Gasteiger partial charge in [0.15, 0.2) is 0 Å². The van der Waals surface area contributed by atoms with Crippen molar-refractivity contribution >= 4 is 9.05 Å². The molecule has 0 saturated heterocycles. The first-order chi connectivity index (χ1) is 5.39.